The van der Waals surface area contributed by atoms with E-state index in [-0.39, 0.29) is 28.4 Å². The molecule has 0 atom stereocenters. The average Bonchev–Trinajstić information content (AvgIpc) is 2.87. The van der Waals surface area contributed by atoms with E-state index in [0.29, 0.717) is 5.56 Å². The highest BCUT2D eigenvalue weighted by atomic mass is 35.5. The molecule has 0 radical (unpaired) electrons. The lowest BCUT2D eigenvalue weighted by Crippen LogP contribution is -2.40. The van der Waals surface area contributed by atoms with Crippen LogP contribution in [0.15, 0.2) is 9.59 Å². The van der Waals surface area contributed by atoms with Crippen LogP contribution in [-0.2, 0) is 0 Å². The summed E-state index contributed by atoms with van der Waals surface area (Å²) in [6.45, 7) is 3.98. The van der Waals surface area contributed by atoms with Crippen LogP contribution in [0.25, 0.3) is 0 Å². The van der Waals surface area contributed by atoms with Crippen LogP contribution in [0.3, 0.4) is 0 Å². The lowest BCUT2D eigenvalue weighted by molar-refractivity contribution is 0.433. The van der Waals surface area contributed by atoms with Crippen molar-refractivity contribution in [2.24, 2.45) is 0 Å². The third kappa shape index (κ3) is 2.64. The molecule has 0 bridgehead atoms. The molecule has 2 rings (SSSR count). The van der Waals surface area contributed by atoms with E-state index in [1.54, 1.807) is 0 Å². The van der Waals surface area contributed by atoms with Crippen LogP contribution >= 0.6 is 11.6 Å². The highest BCUT2D eigenvalue weighted by Gasteiger charge is 2.26. The highest BCUT2D eigenvalue weighted by molar-refractivity contribution is 6.30. The van der Waals surface area contributed by atoms with E-state index in [1.807, 2.05) is 13.8 Å². The van der Waals surface area contributed by atoms with Gasteiger partial charge in [0, 0.05) is 6.04 Å². The number of hydrogen-bond donors (Lipinski definition) is 1. The van der Waals surface area contributed by atoms with Crippen LogP contribution in [0.4, 0.5) is 0 Å². The predicted octanol–water partition coefficient (Wildman–Crippen LogP) is 3.21. The van der Waals surface area contributed by atoms with Gasteiger partial charge in [0.2, 0.25) is 0 Å². The van der Waals surface area contributed by atoms with Crippen molar-refractivity contribution in [2.45, 2.75) is 64.3 Å². The maximum absolute atomic E-state index is 12.6. The Morgan fingerprint density at radius 2 is 1.84 bits per heavy atom. The number of nitrogens with one attached hydrogen (secondary N) is 1. The fraction of sp³-hybridized carbons (Fsp3) is 0.714. The van der Waals surface area contributed by atoms with Crippen LogP contribution in [0.2, 0.25) is 5.15 Å². The second-order valence-electron chi connectivity index (χ2n) is 5.28. The third-order valence-electron chi connectivity index (χ3n) is 4.19. The molecule has 1 N–H and O–H groups in total. The minimum atomic E-state index is -0.384. The van der Waals surface area contributed by atoms with Crippen molar-refractivity contribution in [1.82, 2.24) is 9.55 Å². The molecular weight excluding hydrogens is 264 g/mol. The summed E-state index contributed by atoms with van der Waals surface area (Å²) in [6, 6.07) is -0.0475. The molecule has 1 aromatic rings. The summed E-state index contributed by atoms with van der Waals surface area (Å²) in [5.74, 6) is 0.206. The minimum absolute atomic E-state index is 0.0475. The lowest BCUT2D eigenvalue weighted by Gasteiger charge is -2.18. The summed E-state index contributed by atoms with van der Waals surface area (Å²) in [7, 11) is 0. The first kappa shape index (κ1) is 14.4. The maximum Gasteiger partial charge on any atom is 0.329 e. The van der Waals surface area contributed by atoms with Crippen LogP contribution in [-0.4, -0.2) is 9.55 Å². The molecule has 1 saturated carbocycles. The molecule has 1 aliphatic carbocycles. The zero-order valence-corrected chi connectivity index (χ0v) is 12.3. The zero-order chi connectivity index (χ0) is 14.0. The maximum atomic E-state index is 12.6. The molecule has 0 aliphatic heterocycles. The Morgan fingerprint density at radius 1 is 1.26 bits per heavy atom. The number of hydrogen-bond acceptors (Lipinski definition) is 2. The quantitative estimate of drug-likeness (QED) is 0.863. The van der Waals surface area contributed by atoms with Crippen molar-refractivity contribution in [3.63, 3.8) is 0 Å². The number of nitrogens with zero attached hydrogens (tertiary/aromatic N) is 1. The Kier molecular flexibility index (Phi) is 4.50. The number of H-pyrrole nitrogens is 1. The number of aromatic amines is 1. The SMILES string of the molecule is CCC(CC)n1c(=O)[nH]c(Cl)c(C2CCCC2)c1=O. The molecule has 5 heteroatoms. The molecular formula is C14H21ClN2O2. The number of rotatable bonds is 4. The molecule has 0 saturated heterocycles. The smallest absolute Gasteiger partial charge is 0.297 e. The van der Waals surface area contributed by atoms with Gasteiger partial charge in [-0.2, -0.15) is 0 Å². The van der Waals surface area contributed by atoms with Crippen molar-refractivity contribution >= 4 is 11.6 Å². The zero-order valence-electron chi connectivity index (χ0n) is 11.5. The van der Waals surface area contributed by atoms with Crippen molar-refractivity contribution in [3.05, 3.63) is 31.6 Å². The summed E-state index contributed by atoms with van der Waals surface area (Å²) in [5.41, 5.74) is 0.0467. The molecule has 0 amide bonds. The number of aromatic nitrogens is 2. The molecule has 0 unspecified atom stereocenters. The van der Waals surface area contributed by atoms with E-state index >= 15 is 0 Å². The fourth-order valence-electron chi connectivity index (χ4n) is 3.09. The summed E-state index contributed by atoms with van der Waals surface area (Å²) >= 11 is 6.11. The molecule has 1 heterocycles. The van der Waals surface area contributed by atoms with Crippen molar-refractivity contribution in [2.75, 3.05) is 0 Å². The molecule has 19 heavy (non-hydrogen) atoms. The highest BCUT2D eigenvalue weighted by Crippen LogP contribution is 2.34. The molecule has 1 fully saturated rings. The van der Waals surface area contributed by atoms with Gasteiger partial charge in [-0.05, 0) is 31.6 Å². The van der Waals surface area contributed by atoms with Gasteiger partial charge >= 0.3 is 5.69 Å². The van der Waals surface area contributed by atoms with Crippen LogP contribution < -0.4 is 11.2 Å². The van der Waals surface area contributed by atoms with Crippen LogP contribution in [0.5, 0.6) is 0 Å². The van der Waals surface area contributed by atoms with E-state index in [4.69, 9.17) is 11.6 Å². The molecule has 0 spiro atoms. The van der Waals surface area contributed by atoms with E-state index in [1.165, 1.54) is 4.57 Å². The van der Waals surface area contributed by atoms with Gasteiger partial charge in [-0.15, -0.1) is 0 Å². The third-order valence-corrected chi connectivity index (χ3v) is 4.49. The summed E-state index contributed by atoms with van der Waals surface area (Å²) in [6.07, 6.45) is 5.78. The van der Waals surface area contributed by atoms with Crippen molar-refractivity contribution in [3.8, 4) is 0 Å². The molecule has 1 aromatic heterocycles. The van der Waals surface area contributed by atoms with Gasteiger partial charge in [-0.1, -0.05) is 38.3 Å². The van der Waals surface area contributed by atoms with Gasteiger partial charge in [-0.25, -0.2) is 4.79 Å². The average molecular weight is 285 g/mol. The first-order chi connectivity index (χ1) is 9.10. The second kappa shape index (κ2) is 5.95. The molecule has 4 nitrogen and oxygen atoms in total. The molecule has 106 valence electrons. The molecule has 0 aromatic carbocycles. The van der Waals surface area contributed by atoms with Gasteiger partial charge in [0.15, 0.2) is 0 Å². The normalized spacial score (nSPS) is 16.4. The Balaban J connectivity index is 2.59. The van der Waals surface area contributed by atoms with Crippen molar-refractivity contribution < 1.29 is 0 Å². The van der Waals surface area contributed by atoms with E-state index in [2.05, 4.69) is 4.98 Å². The minimum Gasteiger partial charge on any atom is -0.297 e. The van der Waals surface area contributed by atoms with Gasteiger partial charge in [-0.3, -0.25) is 14.3 Å². The Bertz CT molecular complexity index is 552. The van der Waals surface area contributed by atoms with Crippen LogP contribution in [0.1, 0.15) is 69.9 Å². The topological polar surface area (TPSA) is 54.9 Å². The van der Waals surface area contributed by atoms with Gasteiger partial charge < -0.3 is 0 Å². The summed E-state index contributed by atoms with van der Waals surface area (Å²) in [4.78, 5) is 27.3. The van der Waals surface area contributed by atoms with Gasteiger partial charge in [0.05, 0.1) is 5.56 Å². The Morgan fingerprint density at radius 3 is 2.37 bits per heavy atom. The fourth-order valence-corrected chi connectivity index (χ4v) is 3.41. The monoisotopic (exact) mass is 284 g/mol. The Labute approximate surface area is 117 Å². The van der Waals surface area contributed by atoms with Gasteiger partial charge in [0.25, 0.3) is 5.56 Å². The van der Waals surface area contributed by atoms with Gasteiger partial charge in [0.1, 0.15) is 5.15 Å². The van der Waals surface area contributed by atoms with Crippen LogP contribution in [0, 0.1) is 0 Å². The number of halogens is 1. The first-order valence-corrected chi connectivity index (χ1v) is 7.52. The van der Waals surface area contributed by atoms with E-state index in [9.17, 15) is 9.59 Å². The molecule has 1 aliphatic rings. The summed E-state index contributed by atoms with van der Waals surface area (Å²) in [5, 5.41) is 0.240. The summed E-state index contributed by atoms with van der Waals surface area (Å²) < 4.78 is 1.36. The first-order valence-electron chi connectivity index (χ1n) is 7.14. The largest absolute Gasteiger partial charge is 0.329 e. The Hall–Kier alpha value is -1.03. The predicted molar refractivity (Wildman–Crippen MR) is 77.2 cm³/mol. The lowest BCUT2D eigenvalue weighted by atomic mass is 10.00. The second-order valence-corrected chi connectivity index (χ2v) is 5.66. The van der Waals surface area contributed by atoms with Crippen molar-refractivity contribution in [1.29, 1.82) is 0 Å². The standard InChI is InChI=1S/C14H21ClN2O2/c1-3-10(4-2)17-13(18)11(9-7-5-6-8-9)12(15)16-14(17)19/h9-10H,3-8H2,1-2H3,(H,16,19). The van der Waals surface area contributed by atoms with E-state index < -0.39 is 0 Å². The van der Waals surface area contributed by atoms with E-state index in [0.717, 1.165) is 38.5 Å².